The average Bonchev–Trinajstić information content (AvgIpc) is 3.43. The van der Waals surface area contributed by atoms with Crippen molar-refractivity contribution in [3.8, 4) is 0 Å². The summed E-state index contributed by atoms with van der Waals surface area (Å²) >= 11 is 0. The lowest BCUT2D eigenvalue weighted by atomic mass is 10.0. The Balaban J connectivity index is 4.27. The van der Waals surface area contributed by atoms with Crippen LogP contribution in [0.3, 0.4) is 0 Å². The summed E-state index contributed by atoms with van der Waals surface area (Å²) in [6.07, 6.45) is 89.2. The molecule has 0 bridgehead atoms. The second-order valence-electron chi connectivity index (χ2n) is 20.9. The summed E-state index contributed by atoms with van der Waals surface area (Å²) in [5.41, 5.74) is 0. The number of ether oxygens (including phenoxy) is 3. The third kappa shape index (κ3) is 62.5. The molecule has 1 atom stereocenters. The van der Waals surface area contributed by atoms with Crippen LogP contribution in [0.4, 0.5) is 0 Å². The first-order chi connectivity index (χ1) is 38.0. The molecule has 6 nitrogen and oxygen atoms in total. The fourth-order valence-electron chi connectivity index (χ4n) is 8.73. The van der Waals surface area contributed by atoms with Crippen molar-refractivity contribution in [2.45, 2.75) is 297 Å². The number of unbranched alkanes of at least 4 members (excludes halogenated alkanes) is 26. The molecule has 0 aliphatic carbocycles. The van der Waals surface area contributed by atoms with Crippen LogP contribution < -0.4 is 0 Å². The molecule has 0 saturated heterocycles. The minimum atomic E-state index is -0.787. The highest BCUT2D eigenvalue weighted by atomic mass is 16.6. The van der Waals surface area contributed by atoms with Crippen LogP contribution in [-0.4, -0.2) is 37.2 Å². The van der Waals surface area contributed by atoms with Gasteiger partial charge in [-0.05, 0) is 109 Å². The average molecular weight is 1070 g/mol. The number of carbonyl (C=O) groups is 3. The Kier molecular flexibility index (Phi) is 60.8. The van der Waals surface area contributed by atoms with Gasteiger partial charge in [-0.15, -0.1) is 0 Å². The zero-order valence-corrected chi connectivity index (χ0v) is 50.2. The Bertz CT molecular complexity index is 1600. The second-order valence-corrected chi connectivity index (χ2v) is 20.9. The van der Waals surface area contributed by atoms with Crippen molar-refractivity contribution in [2.75, 3.05) is 13.2 Å². The molecule has 0 aliphatic rings. The van der Waals surface area contributed by atoms with E-state index in [2.05, 4.69) is 142 Å². The van der Waals surface area contributed by atoms with E-state index < -0.39 is 6.10 Å². The van der Waals surface area contributed by atoms with E-state index in [9.17, 15) is 14.4 Å². The van der Waals surface area contributed by atoms with Crippen molar-refractivity contribution in [3.05, 3.63) is 122 Å². The largest absolute Gasteiger partial charge is 0.462 e. The number of esters is 3. The molecule has 1 unspecified atom stereocenters. The van der Waals surface area contributed by atoms with Crippen LogP contribution in [0.25, 0.3) is 0 Å². The Hall–Kier alpha value is -4.19. The van der Waals surface area contributed by atoms with E-state index in [-0.39, 0.29) is 31.1 Å². The maximum absolute atomic E-state index is 12.9. The smallest absolute Gasteiger partial charge is 0.306 e. The van der Waals surface area contributed by atoms with Crippen LogP contribution in [0, 0.1) is 0 Å². The van der Waals surface area contributed by atoms with Crippen molar-refractivity contribution in [1.29, 1.82) is 0 Å². The molecule has 0 aliphatic heterocycles. The summed E-state index contributed by atoms with van der Waals surface area (Å²) in [4.78, 5) is 38.2. The van der Waals surface area contributed by atoms with Gasteiger partial charge in [0.2, 0.25) is 0 Å². The van der Waals surface area contributed by atoms with E-state index >= 15 is 0 Å². The summed E-state index contributed by atoms with van der Waals surface area (Å²) < 4.78 is 16.9. The van der Waals surface area contributed by atoms with Gasteiger partial charge in [0.25, 0.3) is 0 Å². The molecule has 438 valence electrons. The first-order valence-electron chi connectivity index (χ1n) is 32.0. The third-order valence-corrected chi connectivity index (χ3v) is 13.5. The second kappa shape index (κ2) is 64.3. The van der Waals surface area contributed by atoms with Gasteiger partial charge in [0, 0.05) is 19.3 Å². The highest BCUT2D eigenvalue weighted by molar-refractivity contribution is 5.71. The van der Waals surface area contributed by atoms with Gasteiger partial charge in [0.05, 0.1) is 0 Å². The van der Waals surface area contributed by atoms with Crippen LogP contribution in [0.15, 0.2) is 122 Å². The molecule has 0 aromatic heterocycles. The molecule has 0 aromatic carbocycles. The van der Waals surface area contributed by atoms with Crippen molar-refractivity contribution >= 4 is 17.9 Å². The van der Waals surface area contributed by atoms with E-state index in [1.165, 1.54) is 116 Å². The minimum absolute atomic E-state index is 0.0834. The molecule has 77 heavy (non-hydrogen) atoms. The molecule has 0 amide bonds. The number of rotatable bonds is 57. The lowest BCUT2D eigenvalue weighted by Crippen LogP contribution is -2.30. The summed E-state index contributed by atoms with van der Waals surface area (Å²) in [7, 11) is 0. The van der Waals surface area contributed by atoms with Crippen molar-refractivity contribution < 1.29 is 28.6 Å². The first kappa shape index (κ1) is 72.8. The van der Waals surface area contributed by atoms with E-state index in [0.717, 1.165) is 135 Å². The molecular weight excluding hydrogens is 949 g/mol. The predicted octanol–water partition coefficient (Wildman–Crippen LogP) is 22.0. The quantitative estimate of drug-likeness (QED) is 0.0261. The molecule has 0 heterocycles. The lowest BCUT2D eigenvalue weighted by Gasteiger charge is -2.18. The van der Waals surface area contributed by atoms with E-state index in [1.54, 1.807) is 0 Å². The maximum atomic E-state index is 12.9. The molecule has 0 spiro atoms. The van der Waals surface area contributed by atoms with Crippen molar-refractivity contribution in [3.63, 3.8) is 0 Å². The van der Waals surface area contributed by atoms with E-state index in [0.29, 0.717) is 19.3 Å². The van der Waals surface area contributed by atoms with Gasteiger partial charge in [-0.1, -0.05) is 284 Å². The molecular formula is C71H118O6. The number of hydrogen-bond donors (Lipinski definition) is 0. The van der Waals surface area contributed by atoms with Gasteiger partial charge < -0.3 is 14.2 Å². The number of carbonyl (C=O) groups excluding carboxylic acids is 3. The summed E-state index contributed by atoms with van der Waals surface area (Å²) in [5, 5.41) is 0. The zero-order valence-electron chi connectivity index (χ0n) is 50.2. The molecule has 0 radical (unpaired) electrons. The third-order valence-electron chi connectivity index (χ3n) is 13.5. The predicted molar refractivity (Wildman–Crippen MR) is 334 cm³/mol. The molecule has 0 aromatic rings. The van der Waals surface area contributed by atoms with Gasteiger partial charge in [0.1, 0.15) is 13.2 Å². The van der Waals surface area contributed by atoms with Crippen LogP contribution in [-0.2, 0) is 28.6 Å². The Morgan fingerprint density at radius 3 is 0.792 bits per heavy atom. The first-order valence-corrected chi connectivity index (χ1v) is 32.0. The number of allylic oxidation sites excluding steroid dienone is 20. The molecule has 0 fully saturated rings. The summed E-state index contributed by atoms with van der Waals surface area (Å²) in [6, 6.07) is 0. The fourth-order valence-corrected chi connectivity index (χ4v) is 8.73. The molecule has 6 heteroatoms. The topological polar surface area (TPSA) is 78.9 Å². The fraction of sp³-hybridized carbons (Fsp3) is 0.676. The van der Waals surface area contributed by atoms with Gasteiger partial charge in [0.15, 0.2) is 6.10 Å². The van der Waals surface area contributed by atoms with Gasteiger partial charge in [-0.25, -0.2) is 0 Å². The Morgan fingerprint density at radius 2 is 0.506 bits per heavy atom. The van der Waals surface area contributed by atoms with Crippen LogP contribution in [0.5, 0.6) is 0 Å². The van der Waals surface area contributed by atoms with Crippen LogP contribution >= 0.6 is 0 Å². The highest BCUT2D eigenvalue weighted by Crippen LogP contribution is 2.16. The zero-order chi connectivity index (χ0) is 55.7. The molecule has 0 N–H and O–H groups in total. The molecule has 0 saturated carbocycles. The van der Waals surface area contributed by atoms with Gasteiger partial charge in [-0.3, -0.25) is 14.4 Å². The summed E-state index contributed by atoms with van der Waals surface area (Å²) in [5.74, 6) is -0.898. The van der Waals surface area contributed by atoms with Crippen LogP contribution in [0.2, 0.25) is 0 Å². The number of hydrogen-bond acceptors (Lipinski definition) is 6. The minimum Gasteiger partial charge on any atom is -0.462 e. The maximum Gasteiger partial charge on any atom is 0.306 e. The lowest BCUT2D eigenvalue weighted by molar-refractivity contribution is -0.167. The SMILES string of the molecule is CC/C=C\C/C=C\C/C=C\C/C=C\C/C=C\C/C=C\CCCCCCCCC(=O)OCC(COC(=O)CCCCCCCCCCC)OC(=O)CCCCCCCCCCCCCC/C=C\C/C=C\C/C=C\C/C=C\CC. The van der Waals surface area contributed by atoms with Gasteiger partial charge in [-0.2, -0.15) is 0 Å². The Labute approximate surface area is 475 Å². The molecule has 0 rings (SSSR count). The highest BCUT2D eigenvalue weighted by Gasteiger charge is 2.19. The van der Waals surface area contributed by atoms with Crippen molar-refractivity contribution in [2.24, 2.45) is 0 Å². The van der Waals surface area contributed by atoms with Gasteiger partial charge >= 0.3 is 17.9 Å². The normalized spacial score (nSPS) is 12.9. The Morgan fingerprint density at radius 1 is 0.273 bits per heavy atom. The van der Waals surface area contributed by atoms with E-state index in [1.807, 2.05) is 0 Å². The van der Waals surface area contributed by atoms with Crippen molar-refractivity contribution in [1.82, 2.24) is 0 Å². The summed E-state index contributed by atoms with van der Waals surface area (Å²) in [6.45, 7) is 6.39. The van der Waals surface area contributed by atoms with Crippen LogP contribution in [0.1, 0.15) is 290 Å². The van der Waals surface area contributed by atoms with E-state index in [4.69, 9.17) is 14.2 Å². The standard InChI is InChI=1S/C71H118O6/c1-4-7-10-13-16-19-21-23-25-27-29-31-33-35-37-39-41-43-45-47-49-52-55-58-61-64-70(73)76-67-68(66-75-69(72)63-60-57-54-51-18-15-12-9-6-3)77-71(74)65-62-59-56-53-50-48-46-44-42-40-38-36-34-32-30-28-26-24-22-20-17-14-11-8-5-2/h7-8,10-11,16-17,19-20,23-26,29-32,35,37,41,43,68H,4-6,9,12-15,18,21-22,27-28,33-34,36,38-40,42,44-67H2,1-3H3/b10-7-,11-8-,19-16-,20-17-,25-23-,26-24-,31-29-,32-30-,37-35-,43-41-. The monoisotopic (exact) mass is 1070 g/mol.